The molecule has 0 saturated heterocycles. The molecule has 1 nitrogen and oxygen atoms in total. The molecule has 1 heteroatoms. The van der Waals surface area contributed by atoms with Crippen LogP contribution >= 0.6 is 0 Å². The van der Waals surface area contributed by atoms with Gasteiger partial charge in [-0.2, -0.15) is 0 Å². The van der Waals surface area contributed by atoms with Crippen LogP contribution in [0.1, 0.15) is 68.2 Å². The lowest BCUT2D eigenvalue weighted by Crippen LogP contribution is -2.57. The summed E-state index contributed by atoms with van der Waals surface area (Å²) in [5, 5.41) is 2.92. The molecule has 5 aliphatic rings. The SMILES string of the molecule is CCc1ccc2c(c1)-n1c3ccc(CC)cc3c3cccc(c31)C21C2CC3CC(C2)CC1C3. The number of nitrogens with zero attached hydrogens (tertiary/aromatic N) is 1. The maximum atomic E-state index is 2.66. The summed E-state index contributed by atoms with van der Waals surface area (Å²) in [6.07, 6.45) is 9.47. The fourth-order valence-corrected chi connectivity index (χ4v) is 9.20. The largest absolute Gasteiger partial charge is 0.309 e. The Hall–Kier alpha value is -2.54. The Morgan fingerprint density at radius 1 is 0.727 bits per heavy atom. The molecule has 0 atom stereocenters. The molecule has 3 aromatic carbocycles. The van der Waals surface area contributed by atoms with E-state index in [1.807, 2.05) is 0 Å². The second kappa shape index (κ2) is 6.32. The van der Waals surface area contributed by atoms with Gasteiger partial charge in [0, 0.05) is 16.2 Å². The molecule has 9 rings (SSSR count). The van der Waals surface area contributed by atoms with E-state index in [9.17, 15) is 0 Å². The Balaban J connectivity index is 1.55. The maximum absolute atomic E-state index is 2.66. The first-order valence-electron chi connectivity index (χ1n) is 13.4. The van der Waals surface area contributed by atoms with Crippen LogP contribution in [-0.2, 0) is 18.3 Å². The Bertz CT molecular complexity index is 1420. The molecule has 4 bridgehead atoms. The molecule has 1 aliphatic heterocycles. The van der Waals surface area contributed by atoms with Crippen LogP contribution in [0.3, 0.4) is 0 Å². The highest BCUT2D eigenvalue weighted by atomic mass is 15.0. The van der Waals surface area contributed by atoms with Gasteiger partial charge in [0.25, 0.3) is 0 Å². The zero-order valence-electron chi connectivity index (χ0n) is 19.9. The minimum atomic E-state index is 0.215. The van der Waals surface area contributed by atoms with Crippen molar-refractivity contribution in [1.29, 1.82) is 0 Å². The van der Waals surface area contributed by atoms with E-state index in [4.69, 9.17) is 0 Å². The van der Waals surface area contributed by atoms with E-state index in [0.29, 0.717) is 0 Å². The Morgan fingerprint density at radius 3 is 2.15 bits per heavy atom. The molecule has 0 N–H and O–H groups in total. The van der Waals surface area contributed by atoms with Crippen LogP contribution in [0.4, 0.5) is 0 Å². The standard InChI is InChI=1S/C32H33N/c1-3-19-9-11-29-26(17-19)25-6-5-7-28-31(25)33(29)30-18-20(4-2)8-10-27(30)32(28)23-13-21-12-22(15-23)16-24(32)14-21/h5-11,17-18,21-24H,3-4,12-16H2,1-2H3. The second-order valence-electron chi connectivity index (χ2n) is 11.6. The third-order valence-electron chi connectivity index (χ3n) is 10.3. The van der Waals surface area contributed by atoms with Crippen LogP contribution in [-0.4, -0.2) is 4.57 Å². The number of hydrogen-bond acceptors (Lipinski definition) is 0. The van der Waals surface area contributed by atoms with Crippen LogP contribution in [0.2, 0.25) is 0 Å². The quantitative estimate of drug-likeness (QED) is 0.303. The molecule has 4 saturated carbocycles. The van der Waals surface area contributed by atoms with E-state index in [0.717, 1.165) is 36.5 Å². The highest BCUT2D eigenvalue weighted by Crippen LogP contribution is 2.67. The molecule has 2 heterocycles. The maximum Gasteiger partial charge on any atom is 0.0582 e. The number of fused-ring (bicyclic) bond motifs is 5. The number of hydrogen-bond donors (Lipinski definition) is 0. The van der Waals surface area contributed by atoms with Crippen LogP contribution in [0, 0.1) is 23.7 Å². The molecule has 4 aromatic rings. The predicted molar refractivity (Wildman–Crippen MR) is 137 cm³/mol. The van der Waals surface area contributed by atoms with Gasteiger partial charge in [-0.15, -0.1) is 0 Å². The van der Waals surface area contributed by atoms with E-state index in [2.05, 4.69) is 73.0 Å². The van der Waals surface area contributed by atoms with Crippen molar-refractivity contribution in [2.45, 2.75) is 64.2 Å². The zero-order valence-corrected chi connectivity index (χ0v) is 19.9. The van der Waals surface area contributed by atoms with Gasteiger partial charge in [-0.25, -0.2) is 0 Å². The Kier molecular flexibility index (Phi) is 3.61. The van der Waals surface area contributed by atoms with Crippen molar-refractivity contribution in [3.05, 3.63) is 76.9 Å². The van der Waals surface area contributed by atoms with Crippen LogP contribution in [0.15, 0.2) is 54.6 Å². The van der Waals surface area contributed by atoms with E-state index >= 15 is 0 Å². The van der Waals surface area contributed by atoms with Gasteiger partial charge in [0.2, 0.25) is 0 Å². The minimum absolute atomic E-state index is 0.215. The fourth-order valence-electron chi connectivity index (χ4n) is 9.20. The molecule has 1 aromatic heterocycles. The predicted octanol–water partition coefficient (Wildman–Crippen LogP) is 7.96. The molecule has 33 heavy (non-hydrogen) atoms. The number of rotatable bonds is 2. The molecule has 1 spiro atoms. The molecule has 0 radical (unpaired) electrons. The normalized spacial score (nSPS) is 31.1. The highest BCUT2D eigenvalue weighted by molar-refractivity contribution is 6.11. The first-order chi connectivity index (χ1) is 16.2. The lowest BCUT2D eigenvalue weighted by molar-refractivity contribution is -0.0418. The van der Waals surface area contributed by atoms with Gasteiger partial charge < -0.3 is 4.57 Å². The number of para-hydroxylation sites is 1. The van der Waals surface area contributed by atoms with E-state index in [1.165, 1.54) is 70.7 Å². The first kappa shape index (κ1) is 18.8. The van der Waals surface area contributed by atoms with E-state index in [-0.39, 0.29) is 5.41 Å². The highest BCUT2D eigenvalue weighted by Gasteiger charge is 2.60. The zero-order chi connectivity index (χ0) is 21.9. The van der Waals surface area contributed by atoms with Crippen molar-refractivity contribution in [1.82, 2.24) is 4.57 Å². The third-order valence-corrected chi connectivity index (χ3v) is 10.3. The first-order valence-corrected chi connectivity index (χ1v) is 13.4. The second-order valence-corrected chi connectivity index (χ2v) is 11.6. The fraction of sp³-hybridized carbons (Fsp3) is 0.438. The summed E-state index contributed by atoms with van der Waals surface area (Å²) in [7, 11) is 0. The van der Waals surface area contributed by atoms with Gasteiger partial charge in [0.05, 0.1) is 16.7 Å². The molecular weight excluding hydrogens is 398 g/mol. The van der Waals surface area contributed by atoms with Crippen molar-refractivity contribution in [2.75, 3.05) is 0 Å². The van der Waals surface area contributed by atoms with Crippen molar-refractivity contribution in [3.8, 4) is 5.69 Å². The van der Waals surface area contributed by atoms with Gasteiger partial charge in [0.1, 0.15) is 0 Å². The lowest BCUT2D eigenvalue weighted by Gasteiger charge is -2.63. The van der Waals surface area contributed by atoms with E-state index < -0.39 is 0 Å². The van der Waals surface area contributed by atoms with Gasteiger partial charge in [-0.1, -0.05) is 50.2 Å². The summed E-state index contributed by atoms with van der Waals surface area (Å²) in [4.78, 5) is 0. The van der Waals surface area contributed by atoms with Crippen molar-refractivity contribution in [3.63, 3.8) is 0 Å². The van der Waals surface area contributed by atoms with Gasteiger partial charge in [-0.05, 0) is 109 Å². The summed E-state index contributed by atoms with van der Waals surface area (Å²) in [6, 6.07) is 22.1. The molecule has 0 amide bonds. The van der Waals surface area contributed by atoms with Crippen molar-refractivity contribution >= 4 is 21.8 Å². The Labute approximate surface area is 196 Å². The summed E-state index contributed by atoms with van der Waals surface area (Å²) in [5.74, 6) is 3.58. The molecular formula is C32H33N. The van der Waals surface area contributed by atoms with Crippen LogP contribution < -0.4 is 0 Å². The summed E-state index contributed by atoms with van der Waals surface area (Å²) >= 11 is 0. The van der Waals surface area contributed by atoms with Gasteiger partial charge in [-0.3, -0.25) is 0 Å². The van der Waals surface area contributed by atoms with Crippen molar-refractivity contribution in [2.24, 2.45) is 23.7 Å². The van der Waals surface area contributed by atoms with Gasteiger partial charge >= 0.3 is 0 Å². The lowest BCUT2D eigenvalue weighted by atomic mass is 9.41. The minimum Gasteiger partial charge on any atom is -0.309 e. The van der Waals surface area contributed by atoms with Crippen molar-refractivity contribution < 1.29 is 0 Å². The molecule has 4 fully saturated rings. The number of aromatic nitrogens is 1. The number of benzene rings is 3. The van der Waals surface area contributed by atoms with Gasteiger partial charge in [0.15, 0.2) is 0 Å². The summed E-state index contributed by atoms with van der Waals surface area (Å²) < 4.78 is 2.66. The number of aryl methyl sites for hydroxylation is 2. The molecule has 0 unspecified atom stereocenters. The Morgan fingerprint density at radius 2 is 1.42 bits per heavy atom. The summed E-state index contributed by atoms with van der Waals surface area (Å²) in [6.45, 7) is 4.57. The molecule has 166 valence electrons. The smallest absolute Gasteiger partial charge is 0.0582 e. The molecule has 4 aliphatic carbocycles. The third kappa shape index (κ3) is 2.16. The monoisotopic (exact) mass is 431 g/mol. The average molecular weight is 432 g/mol. The average Bonchev–Trinajstić information content (AvgIpc) is 3.18. The van der Waals surface area contributed by atoms with E-state index in [1.54, 1.807) is 11.1 Å². The topological polar surface area (TPSA) is 4.93 Å². The van der Waals surface area contributed by atoms with Crippen LogP contribution in [0.5, 0.6) is 0 Å². The summed E-state index contributed by atoms with van der Waals surface area (Å²) in [5.41, 5.74) is 10.8. The van der Waals surface area contributed by atoms with Crippen LogP contribution in [0.25, 0.3) is 27.5 Å².